The average Bonchev–Trinajstić information content (AvgIpc) is 2.97. The molecule has 19 heavy (non-hydrogen) atoms. The Bertz CT molecular complexity index is 410. The average molecular weight is 266 g/mol. The molecule has 2 heterocycles. The van der Waals surface area contributed by atoms with E-state index in [1.54, 1.807) is 0 Å². The second-order valence-corrected chi connectivity index (χ2v) is 6.50. The van der Waals surface area contributed by atoms with Crippen LogP contribution < -0.4 is 10.2 Å². The van der Waals surface area contributed by atoms with Crippen molar-refractivity contribution in [3.05, 3.63) is 5.89 Å². The Morgan fingerprint density at radius 3 is 2.74 bits per heavy atom. The van der Waals surface area contributed by atoms with Gasteiger partial charge in [0.2, 0.25) is 5.89 Å². The Hall–Kier alpha value is -1.10. The van der Waals surface area contributed by atoms with Gasteiger partial charge in [-0.15, -0.1) is 5.10 Å². The van der Waals surface area contributed by atoms with Crippen molar-refractivity contribution in [2.45, 2.75) is 47.1 Å². The summed E-state index contributed by atoms with van der Waals surface area (Å²) in [6.45, 7) is 13.9. The topological polar surface area (TPSA) is 54.2 Å². The van der Waals surface area contributed by atoms with E-state index in [-0.39, 0.29) is 6.04 Å². The van der Waals surface area contributed by atoms with Gasteiger partial charge in [0.1, 0.15) is 0 Å². The van der Waals surface area contributed by atoms with Crippen LogP contribution in [0.4, 0.5) is 6.01 Å². The molecule has 0 aromatic carbocycles. The van der Waals surface area contributed by atoms with E-state index in [4.69, 9.17) is 4.42 Å². The van der Waals surface area contributed by atoms with Crippen molar-refractivity contribution >= 4 is 6.01 Å². The first-order valence-electron chi connectivity index (χ1n) is 7.23. The maximum atomic E-state index is 5.78. The van der Waals surface area contributed by atoms with Crippen LogP contribution in [0.25, 0.3) is 0 Å². The second kappa shape index (κ2) is 5.49. The van der Waals surface area contributed by atoms with Crippen molar-refractivity contribution < 1.29 is 4.42 Å². The Morgan fingerprint density at radius 1 is 1.42 bits per heavy atom. The third kappa shape index (κ3) is 3.26. The van der Waals surface area contributed by atoms with Gasteiger partial charge >= 0.3 is 6.01 Å². The standard InChI is InChI=1S/C14H26N4O/c1-6-15-10(2)12-16-17-13(19-12)18-8-7-11(9-18)14(3,4)5/h10-11,15H,6-9H2,1-5H3. The van der Waals surface area contributed by atoms with Gasteiger partial charge < -0.3 is 14.6 Å². The Morgan fingerprint density at radius 2 is 2.16 bits per heavy atom. The van der Waals surface area contributed by atoms with Crippen LogP contribution >= 0.6 is 0 Å². The van der Waals surface area contributed by atoms with Gasteiger partial charge in [-0.1, -0.05) is 32.8 Å². The summed E-state index contributed by atoms with van der Waals surface area (Å²) in [5.41, 5.74) is 0.342. The van der Waals surface area contributed by atoms with E-state index in [1.165, 1.54) is 6.42 Å². The van der Waals surface area contributed by atoms with E-state index in [1.807, 2.05) is 6.92 Å². The molecule has 5 nitrogen and oxygen atoms in total. The lowest BCUT2D eigenvalue weighted by Crippen LogP contribution is -2.26. The molecule has 0 aliphatic carbocycles. The third-order valence-electron chi connectivity index (χ3n) is 3.99. The van der Waals surface area contributed by atoms with Gasteiger partial charge in [0.05, 0.1) is 6.04 Å². The molecular weight excluding hydrogens is 240 g/mol. The summed E-state index contributed by atoms with van der Waals surface area (Å²) >= 11 is 0. The lowest BCUT2D eigenvalue weighted by Gasteiger charge is -2.26. The van der Waals surface area contributed by atoms with Gasteiger partial charge in [-0.05, 0) is 31.2 Å². The molecule has 1 aliphatic heterocycles. The minimum Gasteiger partial charge on any atom is -0.406 e. The highest BCUT2D eigenvalue weighted by Crippen LogP contribution is 2.35. The molecule has 1 aromatic rings. The van der Waals surface area contributed by atoms with Crippen LogP contribution in [0, 0.1) is 11.3 Å². The highest BCUT2D eigenvalue weighted by Gasteiger charge is 2.33. The summed E-state index contributed by atoms with van der Waals surface area (Å²) in [5, 5.41) is 11.6. The van der Waals surface area contributed by atoms with E-state index >= 15 is 0 Å². The van der Waals surface area contributed by atoms with E-state index in [0.29, 0.717) is 23.2 Å². The van der Waals surface area contributed by atoms with Crippen molar-refractivity contribution in [1.82, 2.24) is 15.5 Å². The molecular formula is C14H26N4O. The molecule has 0 spiro atoms. The molecule has 1 aromatic heterocycles. The summed E-state index contributed by atoms with van der Waals surface area (Å²) in [4.78, 5) is 2.21. The number of nitrogens with zero attached hydrogens (tertiary/aromatic N) is 3. The van der Waals surface area contributed by atoms with Gasteiger partial charge in [0.25, 0.3) is 0 Å². The van der Waals surface area contributed by atoms with E-state index < -0.39 is 0 Å². The van der Waals surface area contributed by atoms with Crippen LogP contribution in [0.15, 0.2) is 4.42 Å². The molecule has 1 saturated heterocycles. The van der Waals surface area contributed by atoms with Crippen LogP contribution in [0.1, 0.15) is 53.0 Å². The van der Waals surface area contributed by atoms with Crippen LogP contribution in [-0.2, 0) is 0 Å². The molecule has 1 fully saturated rings. The Kier molecular flexibility index (Phi) is 4.13. The molecule has 2 atom stereocenters. The second-order valence-electron chi connectivity index (χ2n) is 6.50. The smallest absolute Gasteiger partial charge is 0.318 e. The first-order valence-corrected chi connectivity index (χ1v) is 7.23. The molecule has 0 amide bonds. The summed E-state index contributed by atoms with van der Waals surface area (Å²) in [6, 6.07) is 0.791. The lowest BCUT2D eigenvalue weighted by atomic mass is 9.80. The number of hydrogen-bond donors (Lipinski definition) is 1. The van der Waals surface area contributed by atoms with E-state index in [2.05, 4.69) is 48.1 Å². The van der Waals surface area contributed by atoms with Gasteiger partial charge in [0.15, 0.2) is 0 Å². The zero-order valence-corrected chi connectivity index (χ0v) is 12.7. The first kappa shape index (κ1) is 14.3. The zero-order valence-electron chi connectivity index (χ0n) is 12.7. The Labute approximate surface area is 115 Å². The summed E-state index contributed by atoms with van der Waals surface area (Å²) in [7, 11) is 0. The van der Waals surface area contributed by atoms with E-state index in [9.17, 15) is 0 Å². The normalized spacial score (nSPS) is 21.9. The first-order chi connectivity index (χ1) is 8.91. The van der Waals surface area contributed by atoms with Crippen LogP contribution in [-0.4, -0.2) is 29.8 Å². The molecule has 5 heteroatoms. The molecule has 2 unspecified atom stereocenters. The molecule has 0 radical (unpaired) electrons. The minimum atomic E-state index is 0.118. The fourth-order valence-corrected chi connectivity index (χ4v) is 2.56. The van der Waals surface area contributed by atoms with Crippen LogP contribution in [0.5, 0.6) is 0 Å². The summed E-state index contributed by atoms with van der Waals surface area (Å²) in [6.07, 6.45) is 1.20. The summed E-state index contributed by atoms with van der Waals surface area (Å²) < 4.78 is 5.78. The fourth-order valence-electron chi connectivity index (χ4n) is 2.56. The quantitative estimate of drug-likeness (QED) is 0.908. The van der Waals surface area contributed by atoms with Gasteiger partial charge in [-0.25, -0.2) is 0 Å². The minimum absolute atomic E-state index is 0.118. The lowest BCUT2D eigenvalue weighted by molar-refractivity contribution is 0.263. The van der Waals surface area contributed by atoms with Crippen molar-refractivity contribution in [1.29, 1.82) is 0 Å². The largest absolute Gasteiger partial charge is 0.406 e. The van der Waals surface area contributed by atoms with Crippen LogP contribution in [0.2, 0.25) is 0 Å². The third-order valence-corrected chi connectivity index (χ3v) is 3.99. The predicted octanol–water partition coefficient (Wildman–Crippen LogP) is 2.61. The fraction of sp³-hybridized carbons (Fsp3) is 0.857. The summed E-state index contributed by atoms with van der Waals surface area (Å²) in [5.74, 6) is 1.37. The number of hydrogen-bond acceptors (Lipinski definition) is 5. The number of nitrogens with one attached hydrogen (secondary N) is 1. The van der Waals surface area contributed by atoms with E-state index in [0.717, 1.165) is 19.6 Å². The highest BCUT2D eigenvalue weighted by atomic mass is 16.4. The Balaban J connectivity index is 2.00. The van der Waals surface area contributed by atoms with Crippen molar-refractivity contribution in [2.75, 3.05) is 24.5 Å². The maximum Gasteiger partial charge on any atom is 0.318 e. The number of anilines is 1. The van der Waals surface area contributed by atoms with Crippen molar-refractivity contribution in [3.8, 4) is 0 Å². The van der Waals surface area contributed by atoms with Crippen molar-refractivity contribution in [2.24, 2.45) is 11.3 Å². The van der Waals surface area contributed by atoms with Gasteiger partial charge in [-0.3, -0.25) is 0 Å². The molecule has 0 saturated carbocycles. The molecule has 108 valence electrons. The highest BCUT2D eigenvalue weighted by molar-refractivity contribution is 5.27. The van der Waals surface area contributed by atoms with Gasteiger partial charge in [-0.2, -0.15) is 0 Å². The van der Waals surface area contributed by atoms with Gasteiger partial charge in [0, 0.05) is 13.1 Å². The SMILES string of the molecule is CCNC(C)c1nnc(N2CCC(C(C)(C)C)C2)o1. The monoisotopic (exact) mass is 266 g/mol. The van der Waals surface area contributed by atoms with Crippen LogP contribution in [0.3, 0.4) is 0 Å². The zero-order chi connectivity index (χ0) is 14.0. The van der Waals surface area contributed by atoms with Crippen molar-refractivity contribution in [3.63, 3.8) is 0 Å². The molecule has 1 aliphatic rings. The number of rotatable bonds is 4. The molecule has 2 rings (SSSR count). The number of aromatic nitrogens is 2. The maximum absolute atomic E-state index is 5.78. The molecule has 1 N–H and O–H groups in total. The molecule has 0 bridgehead atoms. The predicted molar refractivity (Wildman–Crippen MR) is 76.2 cm³/mol.